The maximum atomic E-state index is 11.9. The van der Waals surface area contributed by atoms with Gasteiger partial charge in [-0.15, -0.1) is 0 Å². The van der Waals surface area contributed by atoms with Gasteiger partial charge < -0.3 is 0 Å². The van der Waals surface area contributed by atoms with E-state index in [4.69, 9.17) is 0 Å². The van der Waals surface area contributed by atoms with E-state index in [2.05, 4.69) is 19.1 Å². The fraction of sp³-hybridized carbons (Fsp3) is 0.333. The number of hydrogen-bond acceptors (Lipinski definition) is 1. The molecule has 1 aliphatic rings. The number of rotatable bonds is 3. The fourth-order valence-electron chi connectivity index (χ4n) is 1.72. The van der Waals surface area contributed by atoms with Crippen LogP contribution < -0.4 is 10.4 Å². The molecule has 0 N–H and O–H groups in total. The minimum atomic E-state index is -1.81. The third kappa shape index (κ3) is 1.73. The van der Waals surface area contributed by atoms with E-state index in [1.807, 2.05) is 17.1 Å². The first kappa shape index (κ1) is 9.82. The Morgan fingerprint density at radius 3 is 2.86 bits per heavy atom. The molecule has 1 aliphatic heterocycles. The van der Waals surface area contributed by atoms with Crippen LogP contribution >= 0.6 is 0 Å². The number of unbranched alkanes of at least 4 members (excludes halogenated alkanes) is 1. The van der Waals surface area contributed by atoms with E-state index < -0.39 is 13.8 Å². The minimum absolute atomic E-state index is 1.01. The molecular formula is C12H14OSe. The fourth-order valence-corrected chi connectivity index (χ4v) is 4.50. The third-order valence-electron chi connectivity index (χ3n) is 2.50. The van der Waals surface area contributed by atoms with Gasteiger partial charge in [0.1, 0.15) is 0 Å². The van der Waals surface area contributed by atoms with Gasteiger partial charge in [-0.1, -0.05) is 0 Å². The van der Waals surface area contributed by atoms with E-state index >= 15 is 0 Å². The van der Waals surface area contributed by atoms with Crippen molar-refractivity contribution in [3.63, 3.8) is 0 Å². The predicted molar refractivity (Wildman–Crippen MR) is 59.5 cm³/mol. The standard InChI is InChI=1S/C12H14OSe/c1-2-3-8-12-11-7-5-4-6-10(11)9-14(12)13/h4-7,9H,2-3,8H2,1H3. The van der Waals surface area contributed by atoms with Gasteiger partial charge in [-0.05, 0) is 0 Å². The van der Waals surface area contributed by atoms with Crippen LogP contribution in [0.3, 0.4) is 0 Å². The molecule has 0 radical (unpaired) electrons. The third-order valence-corrected chi connectivity index (χ3v) is 5.39. The van der Waals surface area contributed by atoms with E-state index in [1.54, 1.807) is 0 Å². The summed E-state index contributed by atoms with van der Waals surface area (Å²) in [5.41, 5.74) is 0. The number of fused-ring (bicyclic) bond motifs is 1. The molecule has 0 amide bonds. The molecule has 0 bridgehead atoms. The molecule has 74 valence electrons. The molecule has 1 nitrogen and oxygen atoms in total. The predicted octanol–water partition coefficient (Wildman–Crippen LogP) is 1.32. The first-order chi connectivity index (χ1) is 6.83. The van der Waals surface area contributed by atoms with Crippen molar-refractivity contribution in [1.29, 1.82) is 0 Å². The molecule has 1 heterocycles. The first-order valence-corrected chi connectivity index (χ1v) is 7.58. The Kier molecular flexibility index (Phi) is 2.95. The van der Waals surface area contributed by atoms with Gasteiger partial charge in [0.25, 0.3) is 0 Å². The van der Waals surface area contributed by atoms with Crippen LogP contribution in [0.15, 0.2) is 24.3 Å². The molecule has 1 atom stereocenters. The molecule has 0 saturated heterocycles. The van der Waals surface area contributed by atoms with Gasteiger partial charge in [0.05, 0.1) is 0 Å². The maximum absolute atomic E-state index is 11.9. The van der Waals surface area contributed by atoms with Crippen molar-refractivity contribution in [3.05, 3.63) is 34.7 Å². The van der Waals surface area contributed by atoms with Crippen molar-refractivity contribution in [2.75, 3.05) is 0 Å². The molecule has 0 fully saturated rings. The zero-order chi connectivity index (χ0) is 9.97. The first-order valence-electron chi connectivity index (χ1n) is 5.03. The van der Waals surface area contributed by atoms with E-state index in [0.717, 1.165) is 12.8 Å². The van der Waals surface area contributed by atoms with E-state index in [1.165, 1.54) is 21.3 Å². The monoisotopic (exact) mass is 254 g/mol. The molecule has 2 rings (SSSR count). The van der Waals surface area contributed by atoms with Crippen LogP contribution in [0.2, 0.25) is 0 Å². The Labute approximate surface area is 88.2 Å². The molecule has 14 heavy (non-hydrogen) atoms. The summed E-state index contributed by atoms with van der Waals surface area (Å²) in [5.74, 6) is 0. The van der Waals surface area contributed by atoms with Crippen LogP contribution in [0.4, 0.5) is 0 Å². The van der Waals surface area contributed by atoms with E-state index in [-0.39, 0.29) is 0 Å². The molecular weight excluding hydrogens is 239 g/mol. The van der Waals surface area contributed by atoms with Gasteiger partial charge in [0, 0.05) is 0 Å². The normalized spacial score (nSPS) is 19.2. The summed E-state index contributed by atoms with van der Waals surface area (Å²) in [6, 6.07) is 8.20. The van der Waals surface area contributed by atoms with E-state index in [0.29, 0.717) is 0 Å². The summed E-state index contributed by atoms with van der Waals surface area (Å²) in [6.07, 6.45) is 3.34. The Hall–Kier alpha value is -0.721. The Bertz CT molecular complexity index is 473. The second-order valence-electron chi connectivity index (χ2n) is 3.53. The molecule has 1 unspecified atom stereocenters. The quantitative estimate of drug-likeness (QED) is 0.743. The molecule has 0 aliphatic carbocycles. The molecule has 0 spiro atoms. The van der Waals surface area contributed by atoms with Crippen molar-refractivity contribution < 1.29 is 3.83 Å². The van der Waals surface area contributed by atoms with E-state index in [9.17, 15) is 3.83 Å². The SMILES string of the molecule is CCCCC1=c2ccccc2=C[Se]1=O. The second kappa shape index (κ2) is 4.20. The van der Waals surface area contributed by atoms with Gasteiger partial charge >= 0.3 is 88.0 Å². The van der Waals surface area contributed by atoms with Crippen molar-refractivity contribution in [1.82, 2.24) is 0 Å². The number of benzene rings is 1. The average molecular weight is 253 g/mol. The summed E-state index contributed by atoms with van der Waals surface area (Å²) >= 11 is -1.81. The Balaban J connectivity index is 2.50. The summed E-state index contributed by atoms with van der Waals surface area (Å²) in [6.45, 7) is 2.17. The van der Waals surface area contributed by atoms with Crippen LogP contribution in [0.5, 0.6) is 0 Å². The van der Waals surface area contributed by atoms with Gasteiger partial charge in [0.15, 0.2) is 0 Å². The topological polar surface area (TPSA) is 17.1 Å². The Morgan fingerprint density at radius 1 is 1.29 bits per heavy atom. The van der Waals surface area contributed by atoms with Gasteiger partial charge in [-0.25, -0.2) is 0 Å². The van der Waals surface area contributed by atoms with Gasteiger partial charge in [-0.2, -0.15) is 0 Å². The summed E-state index contributed by atoms with van der Waals surface area (Å²) in [5, 5.41) is 2.42. The van der Waals surface area contributed by atoms with Gasteiger partial charge in [-0.3, -0.25) is 0 Å². The van der Waals surface area contributed by atoms with Gasteiger partial charge in [0.2, 0.25) is 0 Å². The van der Waals surface area contributed by atoms with Crippen molar-refractivity contribution in [3.8, 4) is 0 Å². The summed E-state index contributed by atoms with van der Waals surface area (Å²) in [7, 11) is 0. The van der Waals surface area contributed by atoms with Crippen molar-refractivity contribution in [2.45, 2.75) is 26.2 Å². The number of hydrogen-bond donors (Lipinski definition) is 0. The summed E-state index contributed by atoms with van der Waals surface area (Å²) < 4.78 is 13.1. The molecule has 1 aromatic carbocycles. The molecule has 1 aromatic rings. The van der Waals surface area contributed by atoms with Crippen LogP contribution in [0.1, 0.15) is 26.2 Å². The average Bonchev–Trinajstić information content (AvgIpc) is 2.51. The van der Waals surface area contributed by atoms with Crippen LogP contribution in [-0.4, -0.2) is 13.8 Å². The second-order valence-corrected chi connectivity index (χ2v) is 6.31. The van der Waals surface area contributed by atoms with Crippen molar-refractivity contribution >= 4 is 23.3 Å². The zero-order valence-electron chi connectivity index (χ0n) is 8.32. The van der Waals surface area contributed by atoms with Crippen LogP contribution in [-0.2, 0) is 3.83 Å². The molecule has 0 aromatic heterocycles. The molecule has 0 saturated carbocycles. The van der Waals surface area contributed by atoms with Crippen molar-refractivity contribution in [2.24, 2.45) is 0 Å². The van der Waals surface area contributed by atoms with Crippen LogP contribution in [0.25, 0.3) is 9.45 Å². The Morgan fingerprint density at radius 2 is 2.07 bits per heavy atom. The van der Waals surface area contributed by atoms with Crippen LogP contribution in [0, 0.1) is 0 Å². The molecule has 2 heteroatoms. The zero-order valence-corrected chi connectivity index (χ0v) is 10.0. The summed E-state index contributed by atoms with van der Waals surface area (Å²) in [4.78, 5) is 1.96.